The minimum atomic E-state index is -0.195. The number of fused-ring (bicyclic) bond motifs is 1. The predicted molar refractivity (Wildman–Crippen MR) is 63.0 cm³/mol. The molecular weight excluding hydrogens is 220 g/mol. The van der Waals surface area contributed by atoms with Gasteiger partial charge in [0.05, 0.1) is 5.69 Å². The summed E-state index contributed by atoms with van der Waals surface area (Å²) in [6.45, 7) is 0.0317. The Hall–Kier alpha value is -2.04. The Bertz CT molecular complexity index is 457. The van der Waals surface area contributed by atoms with E-state index in [0.717, 1.165) is 0 Å². The standard InChI is InChI=1S/C12H14N2O3/c1-13(2)11(15)7-14-9-5-3-4-6-10(9)17-8-12(14)16/h3-6H,7-8H2,1-2H3. The number of rotatable bonds is 2. The number of hydrogen-bond donors (Lipinski definition) is 0. The summed E-state index contributed by atoms with van der Waals surface area (Å²) in [6.07, 6.45) is 0. The maximum atomic E-state index is 11.7. The highest BCUT2D eigenvalue weighted by Crippen LogP contribution is 2.31. The van der Waals surface area contributed by atoms with Crippen molar-refractivity contribution in [2.45, 2.75) is 0 Å². The second kappa shape index (κ2) is 4.45. The summed E-state index contributed by atoms with van der Waals surface area (Å²) >= 11 is 0. The Balaban J connectivity index is 2.27. The molecule has 1 aliphatic heterocycles. The molecule has 1 aromatic carbocycles. The summed E-state index contributed by atoms with van der Waals surface area (Å²) in [5.41, 5.74) is 0.652. The molecule has 0 bridgehead atoms. The van der Waals surface area contributed by atoms with Crippen LogP contribution < -0.4 is 9.64 Å². The van der Waals surface area contributed by atoms with Crippen molar-refractivity contribution >= 4 is 17.5 Å². The van der Waals surface area contributed by atoms with E-state index in [0.29, 0.717) is 11.4 Å². The van der Waals surface area contributed by atoms with E-state index in [-0.39, 0.29) is 25.0 Å². The summed E-state index contributed by atoms with van der Waals surface area (Å²) in [4.78, 5) is 26.3. The highest BCUT2D eigenvalue weighted by atomic mass is 16.5. The average Bonchev–Trinajstić information content (AvgIpc) is 2.32. The summed E-state index contributed by atoms with van der Waals surface area (Å²) < 4.78 is 5.29. The molecule has 90 valence electrons. The van der Waals surface area contributed by atoms with Gasteiger partial charge in [-0.05, 0) is 12.1 Å². The number of likely N-dealkylation sites (N-methyl/N-ethyl adjacent to an activating group) is 1. The minimum absolute atomic E-state index is 0.0161. The normalized spacial score (nSPS) is 14.0. The predicted octanol–water partition coefficient (Wildman–Crippen LogP) is 0.500. The van der Waals surface area contributed by atoms with Crippen molar-refractivity contribution in [3.8, 4) is 5.75 Å². The SMILES string of the molecule is CN(C)C(=O)CN1C(=O)COc2ccccc21. The molecule has 5 heteroatoms. The van der Waals surface area contributed by atoms with Gasteiger partial charge in [-0.15, -0.1) is 0 Å². The van der Waals surface area contributed by atoms with Gasteiger partial charge in [-0.1, -0.05) is 12.1 Å². The van der Waals surface area contributed by atoms with Crippen molar-refractivity contribution in [3.05, 3.63) is 24.3 Å². The average molecular weight is 234 g/mol. The zero-order valence-electron chi connectivity index (χ0n) is 9.84. The van der Waals surface area contributed by atoms with Crippen molar-refractivity contribution in [1.82, 2.24) is 4.90 Å². The van der Waals surface area contributed by atoms with E-state index in [4.69, 9.17) is 4.74 Å². The monoisotopic (exact) mass is 234 g/mol. The van der Waals surface area contributed by atoms with E-state index in [9.17, 15) is 9.59 Å². The van der Waals surface area contributed by atoms with Gasteiger partial charge in [-0.3, -0.25) is 14.5 Å². The molecule has 1 heterocycles. The van der Waals surface area contributed by atoms with E-state index in [1.54, 1.807) is 26.2 Å². The second-order valence-electron chi connectivity index (χ2n) is 4.02. The number of anilines is 1. The van der Waals surface area contributed by atoms with Crippen molar-refractivity contribution in [3.63, 3.8) is 0 Å². The summed E-state index contributed by atoms with van der Waals surface area (Å²) in [5, 5.41) is 0. The maximum Gasteiger partial charge on any atom is 0.265 e. The van der Waals surface area contributed by atoms with Gasteiger partial charge < -0.3 is 9.64 Å². The fourth-order valence-corrected chi connectivity index (χ4v) is 1.60. The van der Waals surface area contributed by atoms with E-state index >= 15 is 0 Å². The second-order valence-corrected chi connectivity index (χ2v) is 4.02. The van der Waals surface area contributed by atoms with Gasteiger partial charge in [0.15, 0.2) is 6.61 Å². The molecule has 0 N–H and O–H groups in total. The molecule has 0 saturated carbocycles. The van der Waals surface area contributed by atoms with Crippen molar-refractivity contribution in [2.75, 3.05) is 32.1 Å². The number of carbonyl (C=O) groups excluding carboxylic acids is 2. The Labute approximate surface area is 99.6 Å². The topological polar surface area (TPSA) is 49.9 Å². The molecule has 0 aliphatic carbocycles. The van der Waals surface area contributed by atoms with Crippen molar-refractivity contribution in [2.24, 2.45) is 0 Å². The van der Waals surface area contributed by atoms with Crippen LogP contribution in [0.25, 0.3) is 0 Å². The lowest BCUT2D eigenvalue weighted by Gasteiger charge is -2.29. The number of nitrogens with zero attached hydrogens (tertiary/aromatic N) is 2. The first-order valence-corrected chi connectivity index (χ1v) is 5.32. The first-order chi connectivity index (χ1) is 8.09. The van der Waals surface area contributed by atoms with Gasteiger partial charge in [0.2, 0.25) is 5.91 Å². The molecule has 5 nitrogen and oxygen atoms in total. The maximum absolute atomic E-state index is 11.7. The first kappa shape index (κ1) is 11.4. The highest BCUT2D eigenvalue weighted by molar-refractivity contribution is 6.02. The van der Waals surface area contributed by atoms with Gasteiger partial charge in [0.1, 0.15) is 12.3 Å². The van der Waals surface area contributed by atoms with Crippen LogP contribution in [0.1, 0.15) is 0 Å². The fraction of sp³-hybridized carbons (Fsp3) is 0.333. The van der Waals surface area contributed by atoms with Gasteiger partial charge in [0.25, 0.3) is 5.91 Å². The van der Waals surface area contributed by atoms with Crippen LogP contribution in [0.3, 0.4) is 0 Å². The number of carbonyl (C=O) groups is 2. The number of benzene rings is 1. The molecule has 2 rings (SSSR count). The molecule has 1 aromatic rings. The van der Waals surface area contributed by atoms with E-state index in [1.807, 2.05) is 12.1 Å². The Morgan fingerprint density at radius 2 is 2.12 bits per heavy atom. The van der Waals surface area contributed by atoms with Crippen molar-refractivity contribution in [1.29, 1.82) is 0 Å². The molecule has 0 atom stereocenters. The summed E-state index contributed by atoms with van der Waals surface area (Å²) in [5.74, 6) is 0.326. The summed E-state index contributed by atoms with van der Waals surface area (Å²) in [6, 6.07) is 7.21. The quantitative estimate of drug-likeness (QED) is 0.748. The molecule has 17 heavy (non-hydrogen) atoms. The zero-order valence-corrected chi connectivity index (χ0v) is 9.84. The number of amides is 2. The molecule has 0 aromatic heterocycles. The number of ether oxygens (including phenoxy) is 1. The van der Waals surface area contributed by atoms with Gasteiger partial charge in [0, 0.05) is 14.1 Å². The van der Waals surface area contributed by atoms with Crippen LogP contribution in [0, 0.1) is 0 Å². The Kier molecular flexibility index (Phi) is 2.99. The third kappa shape index (κ3) is 2.22. The van der Waals surface area contributed by atoms with E-state index < -0.39 is 0 Å². The molecule has 0 unspecified atom stereocenters. The zero-order chi connectivity index (χ0) is 12.4. The van der Waals surface area contributed by atoms with Crippen LogP contribution in [0.4, 0.5) is 5.69 Å². The molecule has 1 aliphatic rings. The number of para-hydroxylation sites is 2. The molecule has 0 fully saturated rings. The number of hydrogen-bond acceptors (Lipinski definition) is 3. The van der Waals surface area contributed by atoms with Crippen LogP contribution in [0.5, 0.6) is 5.75 Å². The molecule has 0 saturated heterocycles. The van der Waals surface area contributed by atoms with Gasteiger partial charge in [-0.2, -0.15) is 0 Å². The fourth-order valence-electron chi connectivity index (χ4n) is 1.60. The van der Waals surface area contributed by atoms with Crippen LogP contribution in [0.2, 0.25) is 0 Å². The smallest absolute Gasteiger partial charge is 0.265 e. The van der Waals surface area contributed by atoms with Crippen LogP contribution in [0.15, 0.2) is 24.3 Å². The van der Waals surface area contributed by atoms with Crippen LogP contribution >= 0.6 is 0 Å². The minimum Gasteiger partial charge on any atom is -0.482 e. The molecular formula is C12H14N2O3. The highest BCUT2D eigenvalue weighted by Gasteiger charge is 2.27. The summed E-state index contributed by atoms with van der Waals surface area (Å²) in [7, 11) is 3.33. The molecule has 0 radical (unpaired) electrons. The lowest BCUT2D eigenvalue weighted by atomic mass is 10.2. The third-order valence-corrected chi connectivity index (χ3v) is 2.60. The third-order valence-electron chi connectivity index (χ3n) is 2.60. The van der Waals surface area contributed by atoms with Crippen LogP contribution in [-0.4, -0.2) is 44.0 Å². The van der Waals surface area contributed by atoms with Crippen molar-refractivity contribution < 1.29 is 14.3 Å². The van der Waals surface area contributed by atoms with Crippen LogP contribution in [-0.2, 0) is 9.59 Å². The lowest BCUT2D eigenvalue weighted by molar-refractivity contribution is -0.130. The molecule has 2 amide bonds. The largest absolute Gasteiger partial charge is 0.482 e. The molecule has 0 spiro atoms. The van der Waals surface area contributed by atoms with Gasteiger partial charge in [-0.25, -0.2) is 0 Å². The van der Waals surface area contributed by atoms with Gasteiger partial charge >= 0.3 is 0 Å². The first-order valence-electron chi connectivity index (χ1n) is 5.32. The Morgan fingerprint density at radius 3 is 2.82 bits per heavy atom. The lowest BCUT2D eigenvalue weighted by Crippen LogP contribution is -2.44. The van der Waals surface area contributed by atoms with E-state index in [1.165, 1.54) is 9.80 Å². The van der Waals surface area contributed by atoms with E-state index in [2.05, 4.69) is 0 Å². The Morgan fingerprint density at radius 1 is 1.41 bits per heavy atom.